The zero-order valence-corrected chi connectivity index (χ0v) is 13.2. The highest BCUT2D eigenvalue weighted by molar-refractivity contribution is 8.00. The number of anilines is 1. The minimum atomic E-state index is 0.195. The highest BCUT2D eigenvalue weighted by atomic mass is 32.2. The third-order valence-electron chi connectivity index (χ3n) is 3.92. The van der Waals surface area contributed by atoms with Gasteiger partial charge in [-0.1, -0.05) is 36.4 Å². The van der Waals surface area contributed by atoms with Gasteiger partial charge in [0.15, 0.2) is 0 Å². The van der Waals surface area contributed by atoms with E-state index < -0.39 is 0 Å². The number of hydrogen-bond acceptors (Lipinski definition) is 2. The van der Waals surface area contributed by atoms with E-state index in [0.29, 0.717) is 5.75 Å². The largest absolute Gasteiger partial charge is 0.308 e. The van der Waals surface area contributed by atoms with Crippen LogP contribution in [-0.2, 0) is 11.2 Å². The molecule has 1 atom stereocenters. The Kier molecular flexibility index (Phi) is 4.02. The van der Waals surface area contributed by atoms with Gasteiger partial charge in [-0.3, -0.25) is 4.79 Å². The molecule has 2 nitrogen and oxygen atoms in total. The van der Waals surface area contributed by atoms with Gasteiger partial charge in [-0.15, -0.1) is 11.8 Å². The molecule has 0 spiro atoms. The summed E-state index contributed by atoms with van der Waals surface area (Å²) < 4.78 is 0. The van der Waals surface area contributed by atoms with Crippen molar-refractivity contribution in [2.45, 2.75) is 31.2 Å². The lowest BCUT2D eigenvalue weighted by molar-refractivity contribution is -0.116. The molecule has 3 heteroatoms. The highest BCUT2D eigenvalue weighted by Gasteiger charge is 2.30. The third-order valence-corrected chi connectivity index (χ3v) is 5.08. The Labute approximate surface area is 130 Å². The Morgan fingerprint density at radius 2 is 1.90 bits per heavy atom. The molecule has 0 aromatic heterocycles. The SMILES string of the molecule is Cc1ccccc1SCC(=O)N1c2ccccc2CC1C. The summed E-state index contributed by atoms with van der Waals surface area (Å²) >= 11 is 1.63. The zero-order chi connectivity index (χ0) is 14.8. The van der Waals surface area contributed by atoms with Crippen molar-refractivity contribution in [3.63, 3.8) is 0 Å². The topological polar surface area (TPSA) is 20.3 Å². The second kappa shape index (κ2) is 5.94. The summed E-state index contributed by atoms with van der Waals surface area (Å²) in [6.07, 6.45) is 0.955. The molecular formula is C18H19NOS. The summed E-state index contributed by atoms with van der Waals surface area (Å²) in [7, 11) is 0. The molecule has 1 aliphatic heterocycles. The molecule has 2 aromatic rings. The maximum atomic E-state index is 12.6. The number of hydrogen-bond donors (Lipinski definition) is 0. The molecule has 0 N–H and O–H groups in total. The molecular weight excluding hydrogens is 278 g/mol. The summed E-state index contributed by atoms with van der Waals surface area (Å²) in [5.41, 5.74) is 3.59. The lowest BCUT2D eigenvalue weighted by Crippen LogP contribution is -2.36. The molecule has 2 aromatic carbocycles. The van der Waals surface area contributed by atoms with Crippen LogP contribution in [0.1, 0.15) is 18.1 Å². The van der Waals surface area contributed by atoms with Crippen molar-refractivity contribution in [1.82, 2.24) is 0 Å². The molecule has 0 saturated heterocycles. The molecule has 0 aliphatic carbocycles. The number of benzene rings is 2. The van der Waals surface area contributed by atoms with Crippen molar-refractivity contribution in [1.29, 1.82) is 0 Å². The number of para-hydroxylation sites is 1. The fourth-order valence-electron chi connectivity index (χ4n) is 2.87. The Balaban J connectivity index is 1.73. The number of nitrogens with zero attached hydrogens (tertiary/aromatic N) is 1. The molecule has 0 saturated carbocycles. The van der Waals surface area contributed by atoms with E-state index in [9.17, 15) is 4.79 Å². The minimum Gasteiger partial charge on any atom is -0.308 e. The fourth-order valence-corrected chi connectivity index (χ4v) is 3.76. The van der Waals surface area contributed by atoms with Gasteiger partial charge in [-0.05, 0) is 43.5 Å². The molecule has 21 heavy (non-hydrogen) atoms. The number of aryl methyl sites for hydroxylation is 1. The molecule has 1 aliphatic rings. The predicted octanol–water partition coefficient (Wildman–Crippen LogP) is 4.06. The second-order valence-corrected chi connectivity index (χ2v) is 6.52. The molecule has 108 valence electrons. The van der Waals surface area contributed by atoms with Crippen molar-refractivity contribution in [2.75, 3.05) is 10.7 Å². The van der Waals surface area contributed by atoms with Gasteiger partial charge in [0.1, 0.15) is 0 Å². The first kappa shape index (κ1) is 14.2. The van der Waals surface area contributed by atoms with Gasteiger partial charge >= 0.3 is 0 Å². The number of rotatable bonds is 3. The van der Waals surface area contributed by atoms with E-state index in [1.807, 2.05) is 29.2 Å². The van der Waals surface area contributed by atoms with Crippen LogP contribution in [0, 0.1) is 6.92 Å². The van der Waals surface area contributed by atoms with Crippen molar-refractivity contribution in [3.8, 4) is 0 Å². The van der Waals surface area contributed by atoms with Gasteiger partial charge < -0.3 is 4.90 Å². The third kappa shape index (κ3) is 2.84. The Hall–Kier alpha value is -1.74. The summed E-state index contributed by atoms with van der Waals surface area (Å²) in [5, 5.41) is 0. The highest BCUT2D eigenvalue weighted by Crippen LogP contribution is 2.33. The maximum absolute atomic E-state index is 12.6. The number of carbonyl (C=O) groups is 1. The summed E-state index contributed by atoms with van der Waals surface area (Å²) in [4.78, 5) is 15.8. The average Bonchev–Trinajstić information content (AvgIpc) is 2.82. The van der Waals surface area contributed by atoms with E-state index in [0.717, 1.165) is 12.1 Å². The van der Waals surface area contributed by atoms with Gasteiger partial charge in [-0.2, -0.15) is 0 Å². The van der Waals surface area contributed by atoms with Crippen LogP contribution in [0.4, 0.5) is 5.69 Å². The normalized spacial score (nSPS) is 16.9. The summed E-state index contributed by atoms with van der Waals surface area (Å²) in [5.74, 6) is 0.685. The van der Waals surface area contributed by atoms with Crippen LogP contribution in [-0.4, -0.2) is 17.7 Å². The van der Waals surface area contributed by atoms with E-state index >= 15 is 0 Å². The standard InChI is InChI=1S/C18H19NOS/c1-13-7-3-6-10-17(13)21-12-18(20)19-14(2)11-15-8-4-5-9-16(15)19/h3-10,14H,11-12H2,1-2H3. The second-order valence-electron chi connectivity index (χ2n) is 5.50. The molecule has 3 rings (SSSR count). The quantitative estimate of drug-likeness (QED) is 0.796. The number of thioether (sulfide) groups is 1. The Bertz CT molecular complexity index is 668. The van der Waals surface area contributed by atoms with Crippen LogP contribution in [0.25, 0.3) is 0 Å². The molecule has 0 fully saturated rings. The molecule has 0 bridgehead atoms. The van der Waals surface area contributed by atoms with Crippen molar-refractivity contribution in [3.05, 3.63) is 59.7 Å². The van der Waals surface area contributed by atoms with Crippen LogP contribution in [0.5, 0.6) is 0 Å². The maximum Gasteiger partial charge on any atom is 0.237 e. The zero-order valence-electron chi connectivity index (χ0n) is 12.4. The number of fused-ring (bicyclic) bond motifs is 1. The molecule has 0 radical (unpaired) electrons. The van der Waals surface area contributed by atoms with E-state index in [2.05, 4.69) is 38.1 Å². The average molecular weight is 297 g/mol. The van der Waals surface area contributed by atoms with Gasteiger partial charge in [0.2, 0.25) is 5.91 Å². The summed E-state index contributed by atoms with van der Waals surface area (Å²) in [6, 6.07) is 16.7. The van der Waals surface area contributed by atoms with Crippen LogP contribution >= 0.6 is 11.8 Å². The van der Waals surface area contributed by atoms with Crippen molar-refractivity contribution < 1.29 is 4.79 Å². The van der Waals surface area contributed by atoms with Gasteiger partial charge in [0, 0.05) is 16.6 Å². The minimum absolute atomic E-state index is 0.195. The predicted molar refractivity (Wildman–Crippen MR) is 89.0 cm³/mol. The molecule has 1 unspecified atom stereocenters. The smallest absolute Gasteiger partial charge is 0.237 e. The lowest BCUT2D eigenvalue weighted by atomic mass is 10.1. The Morgan fingerprint density at radius 1 is 1.19 bits per heavy atom. The molecule has 1 amide bonds. The lowest BCUT2D eigenvalue weighted by Gasteiger charge is -2.22. The first-order chi connectivity index (χ1) is 10.2. The van der Waals surface area contributed by atoms with Crippen molar-refractivity contribution in [2.24, 2.45) is 0 Å². The van der Waals surface area contributed by atoms with E-state index in [1.54, 1.807) is 11.8 Å². The van der Waals surface area contributed by atoms with E-state index in [4.69, 9.17) is 0 Å². The first-order valence-corrected chi connectivity index (χ1v) is 8.24. The fraction of sp³-hybridized carbons (Fsp3) is 0.278. The van der Waals surface area contributed by atoms with Gasteiger partial charge in [0.05, 0.1) is 5.75 Å². The van der Waals surface area contributed by atoms with Gasteiger partial charge in [0.25, 0.3) is 0 Å². The van der Waals surface area contributed by atoms with Crippen LogP contribution in [0.3, 0.4) is 0 Å². The molecule has 1 heterocycles. The number of amides is 1. The number of carbonyl (C=O) groups excluding carboxylic acids is 1. The van der Waals surface area contributed by atoms with Crippen LogP contribution in [0.15, 0.2) is 53.4 Å². The van der Waals surface area contributed by atoms with Crippen LogP contribution in [0.2, 0.25) is 0 Å². The van der Waals surface area contributed by atoms with E-state index in [-0.39, 0.29) is 11.9 Å². The van der Waals surface area contributed by atoms with E-state index in [1.165, 1.54) is 16.0 Å². The first-order valence-electron chi connectivity index (χ1n) is 7.25. The monoisotopic (exact) mass is 297 g/mol. The van der Waals surface area contributed by atoms with Crippen LogP contribution < -0.4 is 4.90 Å². The summed E-state index contributed by atoms with van der Waals surface area (Å²) in [6.45, 7) is 4.21. The van der Waals surface area contributed by atoms with Gasteiger partial charge in [-0.25, -0.2) is 0 Å². The van der Waals surface area contributed by atoms with Crippen molar-refractivity contribution >= 4 is 23.4 Å². The Morgan fingerprint density at radius 3 is 2.71 bits per heavy atom.